The summed E-state index contributed by atoms with van der Waals surface area (Å²) in [6.45, 7) is 4.61. The van der Waals surface area contributed by atoms with Crippen molar-refractivity contribution in [3.05, 3.63) is 48.2 Å². The maximum atomic E-state index is 13.7. The fourth-order valence-corrected chi connectivity index (χ4v) is 7.11. The van der Waals surface area contributed by atoms with E-state index in [9.17, 15) is 21.6 Å². The van der Waals surface area contributed by atoms with Crippen molar-refractivity contribution in [2.75, 3.05) is 50.6 Å². The molecule has 3 aromatic rings. The SMILES string of the molecule is CC[C@]1(N2CCOCC2)CC[C@H](Nc2cccc3c2cc(C#CCNc2ccc(S(N)(=O)=O)cc2OC)n3CC(F)(F)F)CC1. The Morgan fingerprint density at radius 1 is 1.11 bits per heavy atom. The molecule has 1 saturated carbocycles. The van der Waals surface area contributed by atoms with E-state index in [1.807, 2.05) is 6.07 Å². The number of fused-ring (bicyclic) bond motifs is 1. The van der Waals surface area contributed by atoms with Gasteiger partial charge in [0.2, 0.25) is 10.0 Å². The van der Waals surface area contributed by atoms with Crippen LogP contribution in [0, 0.1) is 11.8 Å². The highest BCUT2D eigenvalue weighted by molar-refractivity contribution is 7.89. The van der Waals surface area contributed by atoms with E-state index in [4.69, 9.17) is 14.6 Å². The summed E-state index contributed by atoms with van der Waals surface area (Å²) in [5.41, 5.74) is 2.15. The third-order valence-corrected chi connectivity index (χ3v) is 9.90. The Labute approximate surface area is 262 Å². The lowest BCUT2D eigenvalue weighted by atomic mass is 9.76. The highest BCUT2D eigenvalue weighted by Gasteiger charge is 2.39. The van der Waals surface area contributed by atoms with Gasteiger partial charge in [0.05, 0.1) is 48.7 Å². The van der Waals surface area contributed by atoms with Crippen molar-refractivity contribution >= 4 is 32.3 Å². The molecule has 0 radical (unpaired) electrons. The first kappa shape index (κ1) is 32.9. The number of morpholine rings is 1. The highest BCUT2D eigenvalue weighted by Crippen LogP contribution is 2.39. The Bertz CT molecular complexity index is 1670. The van der Waals surface area contributed by atoms with Gasteiger partial charge < -0.3 is 24.7 Å². The van der Waals surface area contributed by atoms with Crippen LogP contribution in [0.4, 0.5) is 24.5 Å². The monoisotopic (exact) mass is 647 g/mol. The third kappa shape index (κ3) is 7.69. The van der Waals surface area contributed by atoms with Gasteiger partial charge in [-0.3, -0.25) is 4.90 Å². The number of aromatic nitrogens is 1. The molecule has 1 aliphatic carbocycles. The van der Waals surface area contributed by atoms with E-state index in [0.717, 1.165) is 64.1 Å². The number of rotatable bonds is 9. The molecule has 0 unspecified atom stereocenters. The predicted octanol–water partition coefficient (Wildman–Crippen LogP) is 5.16. The van der Waals surface area contributed by atoms with Crippen molar-refractivity contribution in [1.29, 1.82) is 0 Å². The minimum absolute atomic E-state index is 0.0775. The lowest BCUT2D eigenvalue weighted by Crippen LogP contribution is -2.55. The fraction of sp³-hybridized carbons (Fsp3) is 0.500. The van der Waals surface area contributed by atoms with Gasteiger partial charge in [-0.15, -0.1) is 0 Å². The number of ether oxygens (including phenoxy) is 2. The van der Waals surface area contributed by atoms with Crippen LogP contribution in [0.3, 0.4) is 0 Å². The van der Waals surface area contributed by atoms with Gasteiger partial charge in [0, 0.05) is 41.8 Å². The number of nitrogens with one attached hydrogen (secondary N) is 2. The predicted molar refractivity (Wildman–Crippen MR) is 169 cm³/mol. The molecule has 0 amide bonds. The normalized spacial score (nSPS) is 21.2. The molecule has 1 aliphatic heterocycles. The van der Waals surface area contributed by atoms with E-state index >= 15 is 0 Å². The van der Waals surface area contributed by atoms with Crippen LogP contribution in [0.1, 0.15) is 44.7 Å². The van der Waals surface area contributed by atoms with Crippen LogP contribution < -0.4 is 20.5 Å². The maximum absolute atomic E-state index is 13.7. The number of methoxy groups -OCH3 is 1. The zero-order chi connectivity index (χ0) is 32.2. The Kier molecular flexibility index (Phi) is 9.88. The van der Waals surface area contributed by atoms with E-state index in [-0.39, 0.29) is 34.5 Å². The first-order valence-electron chi connectivity index (χ1n) is 15.1. The summed E-state index contributed by atoms with van der Waals surface area (Å²) in [7, 11) is -2.53. The van der Waals surface area contributed by atoms with Crippen molar-refractivity contribution in [3.63, 3.8) is 0 Å². The van der Waals surface area contributed by atoms with Crippen LogP contribution in [0.5, 0.6) is 5.75 Å². The van der Waals surface area contributed by atoms with E-state index in [1.54, 1.807) is 18.2 Å². The summed E-state index contributed by atoms with van der Waals surface area (Å²) in [5.74, 6) is 6.05. The minimum atomic E-state index is -4.44. The first-order chi connectivity index (χ1) is 21.4. The van der Waals surface area contributed by atoms with Gasteiger partial charge in [-0.05, 0) is 68.4 Å². The molecule has 13 heteroatoms. The van der Waals surface area contributed by atoms with Gasteiger partial charge >= 0.3 is 6.18 Å². The highest BCUT2D eigenvalue weighted by atomic mass is 32.2. The Balaban J connectivity index is 1.34. The largest absolute Gasteiger partial charge is 0.495 e. The molecule has 4 N–H and O–H groups in total. The second kappa shape index (κ2) is 13.5. The Hall–Kier alpha value is -3.44. The summed E-state index contributed by atoms with van der Waals surface area (Å²) >= 11 is 0. The Morgan fingerprint density at radius 3 is 2.49 bits per heavy atom. The molecule has 0 atom stereocenters. The topological polar surface area (TPSA) is 111 Å². The molecule has 2 aliphatic rings. The quantitative estimate of drug-likeness (QED) is 0.275. The molecule has 0 bridgehead atoms. The van der Waals surface area contributed by atoms with Crippen molar-refractivity contribution < 1.29 is 31.1 Å². The lowest BCUT2D eigenvalue weighted by molar-refractivity contribution is -0.140. The van der Waals surface area contributed by atoms with E-state index in [0.29, 0.717) is 16.6 Å². The first-order valence-corrected chi connectivity index (χ1v) is 16.7. The molecular formula is C32H40F3N5O4S. The van der Waals surface area contributed by atoms with Crippen LogP contribution in [0.2, 0.25) is 0 Å². The average molecular weight is 648 g/mol. The zero-order valence-corrected chi connectivity index (χ0v) is 26.4. The zero-order valence-electron chi connectivity index (χ0n) is 25.5. The van der Waals surface area contributed by atoms with Crippen LogP contribution in [-0.4, -0.2) is 75.6 Å². The summed E-state index contributed by atoms with van der Waals surface area (Å²) in [6.07, 6.45) is 0.724. The van der Waals surface area contributed by atoms with E-state index in [1.165, 1.54) is 29.9 Å². The number of anilines is 2. The van der Waals surface area contributed by atoms with Crippen molar-refractivity contribution in [2.24, 2.45) is 5.14 Å². The molecule has 5 rings (SSSR count). The smallest absolute Gasteiger partial charge is 0.406 e. The van der Waals surface area contributed by atoms with Gasteiger partial charge in [-0.25, -0.2) is 13.6 Å². The van der Waals surface area contributed by atoms with Gasteiger partial charge in [0.25, 0.3) is 0 Å². The average Bonchev–Trinajstić information content (AvgIpc) is 3.36. The number of nitrogens with zero attached hydrogens (tertiary/aromatic N) is 2. The summed E-state index contributed by atoms with van der Waals surface area (Å²) < 4.78 is 76.4. The number of alkyl halides is 3. The third-order valence-electron chi connectivity index (χ3n) is 8.98. The van der Waals surface area contributed by atoms with Gasteiger partial charge in [0.1, 0.15) is 12.3 Å². The van der Waals surface area contributed by atoms with Gasteiger partial charge in [-0.2, -0.15) is 13.2 Å². The summed E-state index contributed by atoms with van der Waals surface area (Å²) in [4.78, 5) is 2.48. The van der Waals surface area contributed by atoms with Gasteiger partial charge in [0.15, 0.2) is 0 Å². The molecule has 2 heterocycles. The standard InChI is InChI=1S/C32H40F3N5O4S/c1-3-31(39-16-18-44-19-17-39)13-11-23(12-14-31)38-27-7-4-8-29-26(27)20-24(40(29)22-32(33,34)35)6-5-15-37-28-10-9-25(45(36,41)42)21-30(28)43-2/h4,7-10,20-21,23,37-38H,3,11-19,22H2,1-2H3,(H2,36,41,42)/t23-,31-. The minimum Gasteiger partial charge on any atom is -0.495 e. The number of halogens is 3. The van der Waals surface area contributed by atoms with E-state index < -0.39 is 22.7 Å². The second-order valence-electron chi connectivity index (χ2n) is 11.6. The van der Waals surface area contributed by atoms with Crippen molar-refractivity contribution in [3.8, 4) is 17.6 Å². The number of benzene rings is 2. The molecule has 45 heavy (non-hydrogen) atoms. The fourth-order valence-electron chi connectivity index (χ4n) is 6.58. The molecular weight excluding hydrogens is 607 g/mol. The molecule has 1 saturated heterocycles. The number of sulfonamides is 1. The van der Waals surface area contributed by atoms with Crippen LogP contribution in [-0.2, 0) is 21.3 Å². The van der Waals surface area contributed by atoms with Crippen LogP contribution in [0.15, 0.2) is 47.4 Å². The molecule has 2 fully saturated rings. The molecule has 244 valence electrons. The molecule has 0 spiro atoms. The number of hydrogen-bond acceptors (Lipinski definition) is 7. The molecule has 9 nitrogen and oxygen atoms in total. The summed E-state index contributed by atoms with van der Waals surface area (Å²) in [5, 5.41) is 12.6. The number of primary sulfonamides is 1. The van der Waals surface area contributed by atoms with Crippen LogP contribution >= 0.6 is 0 Å². The second-order valence-corrected chi connectivity index (χ2v) is 13.2. The van der Waals surface area contributed by atoms with E-state index in [2.05, 4.69) is 34.3 Å². The molecule has 1 aromatic heterocycles. The maximum Gasteiger partial charge on any atom is 0.406 e. The lowest BCUT2D eigenvalue weighted by Gasteiger charge is -2.49. The van der Waals surface area contributed by atoms with Crippen molar-refractivity contribution in [1.82, 2.24) is 9.47 Å². The number of hydrogen-bond donors (Lipinski definition) is 3. The summed E-state index contributed by atoms with van der Waals surface area (Å²) in [6, 6.07) is 11.4. The van der Waals surface area contributed by atoms with Crippen molar-refractivity contribution in [2.45, 2.75) is 68.2 Å². The Morgan fingerprint density at radius 2 is 1.84 bits per heavy atom. The van der Waals surface area contributed by atoms with Crippen LogP contribution in [0.25, 0.3) is 10.9 Å². The number of nitrogens with two attached hydrogens (primary N) is 1. The molecule has 2 aromatic carbocycles. The van der Waals surface area contributed by atoms with Gasteiger partial charge in [-0.1, -0.05) is 18.9 Å².